The number of hydrogen-bond donors (Lipinski definition) is 2. The summed E-state index contributed by atoms with van der Waals surface area (Å²) in [5.74, 6) is -2.26. The molecular formula is C18H21FN2O5. The van der Waals surface area contributed by atoms with Crippen LogP contribution in [0.15, 0.2) is 24.3 Å². The Labute approximate surface area is 150 Å². The molecule has 1 aromatic rings. The van der Waals surface area contributed by atoms with Crippen molar-refractivity contribution in [3.05, 3.63) is 35.6 Å². The summed E-state index contributed by atoms with van der Waals surface area (Å²) in [5.41, 5.74) is 0.0500. The Morgan fingerprint density at radius 2 is 1.73 bits per heavy atom. The molecule has 0 aliphatic carbocycles. The van der Waals surface area contributed by atoms with Gasteiger partial charge in [0, 0.05) is 19.1 Å². The summed E-state index contributed by atoms with van der Waals surface area (Å²) in [6.07, 6.45) is 0.151. The average Bonchev–Trinajstić information content (AvgIpc) is 3.13. The van der Waals surface area contributed by atoms with Gasteiger partial charge in [0.1, 0.15) is 11.9 Å². The molecule has 2 atom stereocenters. The Bertz CT molecular complexity index is 703. The number of aliphatic carboxylic acids is 1. The molecule has 8 heteroatoms. The fraction of sp³-hybridized carbons (Fsp3) is 0.500. The molecule has 2 amide bonds. The zero-order chi connectivity index (χ0) is 18.7. The first-order valence-corrected chi connectivity index (χ1v) is 8.68. The van der Waals surface area contributed by atoms with Gasteiger partial charge in [-0.05, 0) is 37.8 Å². The van der Waals surface area contributed by atoms with Gasteiger partial charge in [0.25, 0.3) is 5.91 Å². The van der Waals surface area contributed by atoms with Gasteiger partial charge in [-0.15, -0.1) is 0 Å². The second-order valence-corrected chi connectivity index (χ2v) is 6.58. The van der Waals surface area contributed by atoms with E-state index in [2.05, 4.69) is 5.32 Å². The lowest BCUT2D eigenvalue weighted by atomic mass is 10.0. The molecule has 7 nitrogen and oxygen atoms in total. The highest BCUT2D eigenvalue weighted by atomic mass is 19.1. The Morgan fingerprint density at radius 3 is 2.35 bits per heavy atom. The van der Waals surface area contributed by atoms with E-state index in [1.54, 1.807) is 11.0 Å². The minimum Gasteiger partial charge on any atom is -0.479 e. The topological polar surface area (TPSA) is 95.9 Å². The van der Waals surface area contributed by atoms with Gasteiger partial charge in [-0.2, -0.15) is 0 Å². The summed E-state index contributed by atoms with van der Waals surface area (Å²) in [6, 6.07) is 5.76. The van der Waals surface area contributed by atoms with Crippen molar-refractivity contribution >= 4 is 17.8 Å². The van der Waals surface area contributed by atoms with Crippen molar-refractivity contribution in [2.45, 2.75) is 43.9 Å². The average molecular weight is 364 g/mol. The fourth-order valence-corrected chi connectivity index (χ4v) is 3.34. The molecule has 0 spiro atoms. The highest BCUT2D eigenvalue weighted by molar-refractivity contribution is 5.94. The third kappa shape index (κ3) is 4.01. The maximum Gasteiger partial charge on any atom is 0.332 e. The molecule has 0 radical (unpaired) electrons. The highest BCUT2D eigenvalue weighted by Gasteiger charge is 2.36. The first-order chi connectivity index (χ1) is 12.5. The summed E-state index contributed by atoms with van der Waals surface area (Å²) in [7, 11) is 0. The molecule has 2 heterocycles. The van der Waals surface area contributed by atoms with E-state index in [0.29, 0.717) is 38.8 Å². The van der Waals surface area contributed by atoms with Crippen molar-refractivity contribution in [2.75, 3.05) is 13.1 Å². The van der Waals surface area contributed by atoms with Crippen molar-refractivity contribution < 1.29 is 28.6 Å². The Hall–Kier alpha value is -2.48. The standard InChI is InChI=1S/C18H21FN2O5/c19-13-4-2-1-3-12(13)17(23)21-9-7-11(8-10-21)20-16(22)14-5-6-15(26-14)18(24)25/h1-4,11,14-15H,5-10H2,(H,20,22)(H,24,25)/t14-,15+/m0/s1. The monoisotopic (exact) mass is 364 g/mol. The molecule has 0 unspecified atom stereocenters. The zero-order valence-electron chi connectivity index (χ0n) is 14.2. The van der Waals surface area contributed by atoms with E-state index in [0.717, 1.165) is 0 Å². The van der Waals surface area contributed by atoms with Gasteiger partial charge in [-0.25, -0.2) is 9.18 Å². The second-order valence-electron chi connectivity index (χ2n) is 6.58. The molecule has 2 fully saturated rings. The van der Waals surface area contributed by atoms with Crippen molar-refractivity contribution in [3.63, 3.8) is 0 Å². The molecule has 3 rings (SSSR count). The number of carboxylic acids is 1. The van der Waals surface area contributed by atoms with Crippen molar-refractivity contribution in [1.29, 1.82) is 0 Å². The fourth-order valence-electron chi connectivity index (χ4n) is 3.34. The third-order valence-corrected chi connectivity index (χ3v) is 4.82. The number of ether oxygens (including phenoxy) is 1. The predicted octanol–water partition coefficient (Wildman–Crippen LogP) is 1.18. The van der Waals surface area contributed by atoms with E-state index in [9.17, 15) is 18.8 Å². The van der Waals surface area contributed by atoms with Gasteiger partial charge in [-0.3, -0.25) is 9.59 Å². The Kier molecular flexibility index (Phi) is 5.51. The van der Waals surface area contributed by atoms with E-state index in [1.165, 1.54) is 18.2 Å². The first-order valence-electron chi connectivity index (χ1n) is 8.68. The maximum atomic E-state index is 13.7. The van der Waals surface area contributed by atoms with Crippen LogP contribution in [0.1, 0.15) is 36.0 Å². The number of amides is 2. The van der Waals surface area contributed by atoms with Crippen LogP contribution in [0.4, 0.5) is 4.39 Å². The summed E-state index contributed by atoms with van der Waals surface area (Å²) >= 11 is 0. The molecule has 1 aromatic carbocycles. The Balaban J connectivity index is 1.48. The molecule has 2 N–H and O–H groups in total. The van der Waals surface area contributed by atoms with Gasteiger partial charge in [0.2, 0.25) is 5.91 Å². The maximum absolute atomic E-state index is 13.7. The number of rotatable bonds is 4. The van der Waals surface area contributed by atoms with E-state index in [1.807, 2.05) is 0 Å². The molecule has 0 saturated carbocycles. The number of piperidine rings is 1. The lowest BCUT2D eigenvalue weighted by Crippen LogP contribution is -2.49. The summed E-state index contributed by atoms with van der Waals surface area (Å²) < 4.78 is 19.0. The summed E-state index contributed by atoms with van der Waals surface area (Å²) in [5, 5.41) is 11.8. The van der Waals surface area contributed by atoms with Crippen molar-refractivity contribution in [2.24, 2.45) is 0 Å². The minimum atomic E-state index is -1.06. The number of likely N-dealkylation sites (tertiary alicyclic amines) is 1. The van der Waals surface area contributed by atoms with Crippen LogP contribution >= 0.6 is 0 Å². The quantitative estimate of drug-likeness (QED) is 0.836. The lowest BCUT2D eigenvalue weighted by molar-refractivity contribution is -0.152. The van der Waals surface area contributed by atoms with E-state index >= 15 is 0 Å². The number of nitrogens with one attached hydrogen (secondary N) is 1. The molecule has 2 aliphatic heterocycles. The SMILES string of the molecule is O=C(NC1CCN(C(=O)c2ccccc2F)CC1)[C@@H]1CC[C@H](C(=O)O)O1. The molecule has 2 aliphatic rings. The largest absolute Gasteiger partial charge is 0.479 e. The zero-order valence-corrected chi connectivity index (χ0v) is 14.2. The first kappa shape index (κ1) is 18.3. The van der Waals surface area contributed by atoms with Crippen LogP contribution in [0.3, 0.4) is 0 Å². The molecule has 0 bridgehead atoms. The van der Waals surface area contributed by atoms with Crippen LogP contribution in [0.2, 0.25) is 0 Å². The predicted molar refractivity (Wildman–Crippen MR) is 89.0 cm³/mol. The van der Waals surface area contributed by atoms with Crippen LogP contribution in [0.25, 0.3) is 0 Å². The summed E-state index contributed by atoms with van der Waals surface area (Å²) in [4.78, 5) is 37.0. The molecule has 140 valence electrons. The van der Waals surface area contributed by atoms with Crippen LogP contribution < -0.4 is 5.32 Å². The molecule has 2 saturated heterocycles. The number of hydrogen-bond acceptors (Lipinski definition) is 4. The number of carbonyl (C=O) groups excluding carboxylic acids is 2. The lowest BCUT2D eigenvalue weighted by Gasteiger charge is -2.33. The smallest absolute Gasteiger partial charge is 0.332 e. The van der Waals surface area contributed by atoms with Crippen molar-refractivity contribution in [3.8, 4) is 0 Å². The van der Waals surface area contributed by atoms with Crippen LogP contribution in [0, 0.1) is 5.82 Å². The molecular weight excluding hydrogens is 343 g/mol. The number of carboxylic acid groups (broad SMARTS) is 1. The number of halogens is 1. The van der Waals surface area contributed by atoms with Crippen LogP contribution in [0.5, 0.6) is 0 Å². The van der Waals surface area contributed by atoms with Gasteiger partial charge < -0.3 is 20.1 Å². The van der Waals surface area contributed by atoms with Crippen LogP contribution in [-0.4, -0.2) is 59.1 Å². The van der Waals surface area contributed by atoms with Gasteiger partial charge in [0.15, 0.2) is 6.10 Å². The number of nitrogens with zero attached hydrogens (tertiary/aromatic N) is 1. The molecule has 26 heavy (non-hydrogen) atoms. The van der Waals surface area contributed by atoms with Gasteiger partial charge in [0.05, 0.1) is 5.56 Å². The van der Waals surface area contributed by atoms with Crippen LogP contribution in [-0.2, 0) is 14.3 Å². The normalized spacial score (nSPS) is 23.7. The third-order valence-electron chi connectivity index (χ3n) is 4.82. The molecule has 0 aromatic heterocycles. The van der Waals surface area contributed by atoms with Gasteiger partial charge >= 0.3 is 5.97 Å². The van der Waals surface area contributed by atoms with E-state index < -0.39 is 24.0 Å². The van der Waals surface area contributed by atoms with Gasteiger partial charge in [-0.1, -0.05) is 12.1 Å². The minimum absolute atomic E-state index is 0.0500. The van der Waals surface area contributed by atoms with Crippen molar-refractivity contribution in [1.82, 2.24) is 10.2 Å². The van der Waals surface area contributed by atoms with E-state index in [4.69, 9.17) is 9.84 Å². The number of benzene rings is 1. The number of carbonyl (C=O) groups is 3. The second kappa shape index (κ2) is 7.82. The Morgan fingerprint density at radius 1 is 1.08 bits per heavy atom. The highest BCUT2D eigenvalue weighted by Crippen LogP contribution is 2.21. The summed E-state index contributed by atoms with van der Waals surface area (Å²) in [6.45, 7) is 0.836. The van der Waals surface area contributed by atoms with E-state index in [-0.39, 0.29) is 23.4 Å².